The van der Waals surface area contributed by atoms with Gasteiger partial charge < -0.3 is 10.6 Å². The van der Waals surface area contributed by atoms with Crippen LogP contribution in [0.1, 0.15) is 6.42 Å². The number of nitrogens with one attached hydrogen (secondary N) is 2. The zero-order valence-corrected chi connectivity index (χ0v) is 11.6. The van der Waals surface area contributed by atoms with E-state index in [-0.39, 0.29) is 15.7 Å². The third-order valence-corrected chi connectivity index (χ3v) is 2.90. The van der Waals surface area contributed by atoms with Crippen molar-refractivity contribution in [2.75, 3.05) is 17.7 Å². The Kier molecular flexibility index (Phi) is 6.25. The van der Waals surface area contributed by atoms with Crippen LogP contribution in [0.25, 0.3) is 0 Å². The summed E-state index contributed by atoms with van der Waals surface area (Å²) in [4.78, 5) is 22.9. The second-order valence-electron chi connectivity index (χ2n) is 3.35. The molecule has 0 aliphatic rings. The molecule has 0 radical (unpaired) electrons. The third-order valence-electron chi connectivity index (χ3n) is 2.00. The molecule has 0 saturated carbocycles. The van der Waals surface area contributed by atoms with Crippen LogP contribution in [0.2, 0.25) is 10.0 Å². The second kappa shape index (κ2) is 7.46. The first kappa shape index (κ1) is 15.1. The number of hydrogen-bond donors (Lipinski definition) is 2. The van der Waals surface area contributed by atoms with E-state index in [1.165, 1.54) is 0 Å². The molecule has 98 valence electrons. The molecular formula is C11H11Cl3N2O2. The first-order valence-corrected chi connectivity index (χ1v) is 6.44. The first-order valence-electron chi connectivity index (χ1n) is 5.15. The van der Waals surface area contributed by atoms with E-state index in [2.05, 4.69) is 10.6 Å². The number of rotatable bonds is 4. The number of carbonyl (C=O) groups is 2. The van der Waals surface area contributed by atoms with Crippen molar-refractivity contribution in [1.29, 1.82) is 0 Å². The molecular weight excluding hydrogens is 298 g/mol. The fourth-order valence-electron chi connectivity index (χ4n) is 1.14. The lowest BCUT2D eigenvalue weighted by Crippen LogP contribution is -2.36. The highest BCUT2D eigenvalue weighted by molar-refractivity contribution is 6.44. The van der Waals surface area contributed by atoms with Crippen molar-refractivity contribution in [2.24, 2.45) is 0 Å². The number of anilines is 1. The zero-order valence-electron chi connectivity index (χ0n) is 9.30. The highest BCUT2D eigenvalue weighted by atomic mass is 35.5. The van der Waals surface area contributed by atoms with Gasteiger partial charge in [-0.2, -0.15) is 0 Å². The Bertz CT molecular complexity index is 432. The summed E-state index contributed by atoms with van der Waals surface area (Å²) in [6.45, 7) is 0.339. The molecule has 0 aliphatic heterocycles. The van der Waals surface area contributed by atoms with Gasteiger partial charge in [0.15, 0.2) is 0 Å². The molecule has 1 aromatic carbocycles. The van der Waals surface area contributed by atoms with Crippen LogP contribution in [-0.4, -0.2) is 24.2 Å². The Hall–Kier alpha value is -0.970. The summed E-state index contributed by atoms with van der Waals surface area (Å²) in [5, 5.41) is 5.31. The molecule has 0 bridgehead atoms. The summed E-state index contributed by atoms with van der Waals surface area (Å²) >= 11 is 17.2. The van der Waals surface area contributed by atoms with Crippen LogP contribution in [0.5, 0.6) is 0 Å². The molecule has 0 saturated heterocycles. The van der Waals surface area contributed by atoms with Crippen LogP contribution in [-0.2, 0) is 9.59 Å². The molecule has 0 aliphatic carbocycles. The van der Waals surface area contributed by atoms with Gasteiger partial charge in [0.1, 0.15) is 0 Å². The van der Waals surface area contributed by atoms with Gasteiger partial charge in [-0.15, -0.1) is 11.6 Å². The molecule has 0 fully saturated rings. The van der Waals surface area contributed by atoms with E-state index in [0.29, 0.717) is 18.8 Å². The van der Waals surface area contributed by atoms with Gasteiger partial charge >= 0.3 is 11.8 Å². The van der Waals surface area contributed by atoms with Gasteiger partial charge in [-0.3, -0.25) is 9.59 Å². The lowest BCUT2D eigenvalue weighted by Gasteiger charge is -2.08. The summed E-state index contributed by atoms with van der Waals surface area (Å²) in [6, 6.07) is 4.77. The van der Waals surface area contributed by atoms with E-state index >= 15 is 0 Å². The summed E-state index contributed by atoms with van der Waals surface area (Å²) in [5.74, 6) is -1.16. The van der Waals surface area contributed by atoms with Crippen molar-refractivity contribution < 1.29 is 9.59 Å². The molecule has 0 heterocycles. The normalized spacial score (nSPS) is 9.94. The van der Waals surface area contributed by atoms with Crippen LogP contribution in [0.3, 0.4) is 0 Å². The standard InChI is InChI=1S/C11H11Cl3N2O2/c12-5-2-6-15-10(17)11(18)16-9-7(13)3-1-4-8(9)14/h1,3-4H,2,5-6H2,(H,15,17)(H,16,18). The molecule has 18 heavy (non-hydrogen) atoms. The topological polar surface area (TPSA) is 58.2 Å². The fourth-order valence-corrected chi connectivity index (χ4v) is 1.76. The van der Waals surface area contributed by atoms with Crippen molar-refractivity contribution in [3.8, 4) is 0 Å². The Labute approximate surface area is 120 Å². The van der Waals surface area contributed by atoms with E-state index in [0.717, 1.165) is 0 Å². The van der Waals surface area contributed by atoms with Crippen molar-refractivity contribution in [1.82, 2.24) is 5.32 Å². The summed E-state index contributed by atoms with van der Waals surface area (Å²) in [5.41, 5.74) is 0.221. The van der Waals surface area contributed by atoms with Gasteiger partial charge in [0.2, 0.25) is 0 Å². The zero-order chi connectivity index (χ0) is 13.5. The van der Waals surface area contributed by atoms with E-state index in [4.69, 9.17) is 34.8 Å². The Morgan fingerprint density at radius 3 is 2.28 bits per heavy atom. The smallest absolute Gasteiger partial charge is 0.313 e. The number of carbonyl (C=O) groups excluding carboxylic acids is 2. The van der Waals surface area contributed by atoms with Crippen molar-refractivity contribution in [2.45, 2.75) is 6.42 Å². The number of benzene rings is 1. The molecule has 4 nitrogen and oxygen atoms in total. The maximum absolute atomic E-state index is 11.5. The van der Waals surface area contributed by atoms with E-state index in [9.17, 15) is 9.59 Å². The van der Waals surface area contributed by atoms with Gasteiger partial charge in [0.25, 0.3) is 0 Å². The van der Waals surface area contributed by atoms with Gasteiger partial charge in [-0.05, 0) is 18.6 Å². The van der Waals surface area contributed by atoms with E-state index in [1.807, 2.05) is 0 Å². The molecule has 0 spiro atoms. The lowest BCUT2D eigenvalue weighted by atomic mass is 10.3. The Balaban J connectivity index is 2.61. The number of amides is 2. The van der Waals surface area contributed by atoms with Crippen LogP contribution < -0.4 is 10.6 Å². The second-order valence-corrected chi connectivity index (χ2v) is 4.54. The quantitative estimate of drug-likeness (QED) is 0.510. The average Bonchev–Trinajstić information content (AvgIpc) is 2.34. The molecule has 2 amide bonds. The van der Waals surface area contributed by atoms with Crippen molar-refractivity contribution >= 4 is 52.3 Å². The minimum Gasteiger partial charge on any atom is -0.348 e. The van der Waals surface area contributed by atoms with Crippen molar-refractivity contribution in [3.05, 3.63) is 28.2 Å². The van der Waals surface area contributed by atoms with Gasteiger partial charge in [-0.25, -0.2) is 0 Å². The van der Waals surface area contributed by atoms with Crippen molar-refractivity contribution in [3.63, 3.8) is 0 Å². The highest BCUT2D eigenvalue weighted by Gasteiger charge is 2.16. The fraction of sp³-hybridized carbons (Fsp3) is 0.273. The number of alkyl halides is 1. The lowest BCUT2D eigenvalue weighted by molar-refractivity contribution is -0.136. The molecule has 1 rings (SSSR count). The monoisotopic (exact) mass is 308 g/mol. The molecule has 1 aromatic rings. The predicted molar refractivity (Wildman–Crippen MR) is 73.4 cm³/mol. The molecule has 7 heteroatoms. The first-order chi connectivity index (χ1) is 8.56. The van der Waals surface area contributed by atoms with Gasteiger partial charge in [-0.1, -0.05) is 29.3 Å². The molecule has 2 N–H and O–H groups in total. The molecule has 0 atom stereocenters. The van der Waals surface area contributed by atoms with Crippen LogP contribution in [0.4, 0.5) is 5.69 Å². The average molecular weight is 310 g/mol. The van der Waals surface area contributed by atoms with E-state index in [1.54, 1.807) is 18.2 Å². The van der Waals surface area contributed by atoms with Crippen LogP contribution in [0, 0.1) is 0 Å². The third kappa shape index (κ3) is 4.37. The summed E-state index contributed by atoms with van der Waals surface area (Å²) in [6.07, 6.45) is 0.591. The minimum absolute atomic E-state index is 0.221. The van der Waals surface area contributed by atoms with Gasteiger partial charge in [0, 0.05) is 12.4 Å². The number of hydrogen-bond acceptors (Lipinski definition) is 2. The van der Waals surface area contributed by atoms with Crippen LogP contribution >= 0.6 is 34.8 Å². The number of para-hydroxylation sites is 1. The Morgan fingerprint density at radius 1 is 1.11 bits per heavy atom. The highest BCUT2D eigenvalue weighted by Crippen LogP contribution is 2.29. The SMILES string of the molecule is O=C(NCCCCl)C(=O)Nc1c(Cl)cccc1Cl. The van der Waals surface area contributed by atoms with Crippen LogP contribution in [0.15, 0.2) is 18.2 Å². The molecule has 0 aromatic heterocycles. The summed E-state index contributed by atoms with van der Waals surface area (Å²) < 4.78 is 0. The number of halogens is 3. The maximum atomic E-state index is 11.5. The predicted octanol–water partition coefficient (Wildman–Crippen LogP) is 2.68. The minimum atomic E-state index is -0.820. The maximum Gasteiger partial charge on any atom is 0.313 e. The Morgan fingerprint density at radius 2 is 1.72 bits per heavy atom. The largest absolute Gasteiger partial charge is 0.348 e. The molecule has 0 unspecified atom stereocenters. The summed E-state index contributed by atoms with van der Waals surface area (Å²) in [7, 11) is 0. The van der Waals surface area contributed by atoms with Gasteiger partial charge in [0.05, 0.1) is 15.7 Å². The van der Waals surface area contributed by atoms with E-state index < -0.39 is 11.8 Å².